The number of nitrogens with one attached hydrogen (secondary N) is 4. The fourth-order valence-electron chi connectivity index (χ4n) is 4.67. The molecule has 1 fully saturated rings. The van der Waals surface area contributed by atoms with Gasteiger partial charge in [-0.3, -0.25) is 4.79 Å². The van der Waals surface area contributed by atoms with Gasteiger partial charge in [-0.05, 0) is 72.8 Å². The number of ether oxygens (including phenoxy) is 2. The zero-order chi connectivity index (χ0) is 32.7. The first-order chi connectivity index (χ1) is 22.1. The van der Waals surface area contributed by atoms with Gasteiger partial charge >= 0.3 is 12.4 Å². The van der Waals surface area contributed by atoms with Gasteiger partial charge in [0.05, 0.1) is 18.8 Å². The SMILES string of the molecule is CNC(=O)c1cc(Nc2nccc(N(C)c3ccc(NC(=O)Nc4ccc(OC(F)(F)F)cc4)cc3)n2)ccc1N1CCOCC1. The lowest BCUT2D eigenvalue weighted by molar-refractivity contribution is -0.274. The number of urea groups is 1. The van der Waals surface area contributed by atoms with Gasteiger partial charge in [0.1, 0.15) is 11.6 Å². The van der Waals surface area contributed by atoms with E-state index in [0.717, 1.165) is 23.5 Å². The van der Waals surface area contributed by atoms with E-state index < -0.39 is 18.1 Å². The second-order valence-corrected chi connectivity index (χ2v) is 10.0. The highest BCUT2D eigenvalue weighted by Gasteiger charge is 2.31. The molecule has 0 radical (unpaired) electrons. The molecular weight excluding hydrogens is 605 g/mol. The van der Waals surface area contributed by atoms with Crippen LogP contribution in [0.3, 0.4) is 0 Å². The molecular formula is C31H31F3N8O4. The van der Waals surface area contributed by atoms with Crippen molar-refractivity contribution in [3.05, 3.63) is 84.6 Å². The van der Waals surface area contributed by atoms with Gasteiger partial charge in [-0.2, -0.15) is 4.98 Å². The number of morpholine rings is 1. The highest BCUT2D eigenvalue weighted by atomic mass is 19.4. The Bertz CT molecular complexity index is 1660. The number of benzene rings is 3. The molecule has 15 heteroatoms. The number of rotatable bonds is 9. The molecule has 1 aliphatic heterocycles. The van der Waals surface area contributed by atoms with Gasteiger partial charge in [-0.25, -0.2) is 9.78 Å². The molecule has 0 bridgehead atoms. The van der Waals surface area contributed by atoms with Crippen LogP contribution in [0, 0.1) is 0 Å². The molecule has 0 saturated carbocycles. The average Bonchev–Trinajstić information content (AvgIpc) is 3.05. The van der Waals surface area contributed by atoms with Crippen LogP contribution in [0.25, 0.3) is 0 Å². The highest BCUT2D eigenvalue weighted by molar-refractivity contribution is 6.01. The summed E-state index contributed by atoms with van der Waals surface area (Å²) in [6, 6.07) is 18.5. The first-order valence-corrected chi connectivity index (χ1v) is 14.1. The van der Waals surface area contributed by atoms with Gasteiger partial charge in [0, 0.05) is 61.8 Å². The molecule has 240 valence electrons. The molecule has 0 aliphatic carbocycles. The Labute approximate surface area is 262 Å². The van der Waals surface area contributed by atoms with Crippen LogP contribution in [-0.2, 0) is 4.74 Å². The number of carbonyl (C=O) groups is 2. The molecule has 1 aliphatic rings. The lowest BCUT2D eigenvalue weighted by atomic mass is 10.1. The third-order valence-electron chi connectivity index (χ3n) is 6.92. The number of nitrogens with zero attached hydrogens (tertiary/aromatic N) is 4. The number of halogens is 3. The van der Waals surface area contributed by atoms with E-state index in [1.807, 2.05) is 24.1 Å². The first kappa shape index (κ1) is 31.8. The second-order valence-electron chi connectivity index (χ2n) is 10.0. The van der Waals surface area contributed by atoms with E-state index in [0.29, 0.717) is 55.0 Å². The molecule has 0 unspecified atom stereocenters. The maximum atomic E-state index is 12.7. The molecule has 12 nitrogen and oxygen atoms in total. The minimum absolute atomic E-state index is 0.205. The van der Waals surface area contributed by atoms with Crippen LogP contribution in [0.15, 0.2) is 79.0 Å². The predicted octanol–water partition coefficient (Wildman–Crippen LogP) is 5.73. The summed E-state index contributed by atoms with van der Waals surface area (Å²) >= 11 is 0. The van der Waals surface area contributed by atoms with E-state index in [9.17, 15) is 22.8 Å². The summed E-state index contributed by atoms with van der Waals surface area (Å²) in [5.41, 5.74) is 3.55. The molecule has 1 aromatic heterocycles. The maximum absolute atomic E-state index is 12.7. The summed E-state index contributed by atoms with van der Waals surface area (Å²) in [4.78, 5) is 38.0. The van der Waals surface area contributed by atoms with Crippen molar-refractivity contribution in [2.75, 3.05) is 66.1 Å². The fraction of sp³-hybridized carbons (Fsp3) is 0.226. The van der Waals surface area contributed by atoms with Gasteiger partial charge < -0.3 is 40.5 Å². The van der Waals surface area contributed by atoms with E-state index in [4.69, 9.17) is 4.74 Å². The number of anilines is 7. The maximum Gasteiger partial charge on any atom is 0.573 e. The Morgan fingerprint density at radius 3 is 2.17 bits per heavy atom. The van der Waals surface area contributed by atoms with E-state index in [-0.39, 0.29) is 11.6 Å². The van der Waals surface area contributed by atoms with Gasteiger partial charge in [-0.15, -0.1) is 13.2 Å². The molecule has 0 spiro atoms. The van der Waals surface area contributed by atoms with Crippen molar-refractivity contribution in [1.29, 1.82) is 0 Å². The largest absolute Gasteiger partial charge is 0.573 e. The summed E-state index contributed by atoms with van der Waals surface area (Å²) < 4.78 is 46.3. The summed E-state index contributed by atoms with van der Waals surface area (Å²) in [5.74, 6) is 0.325. The van der Waals surface area contributed by atoms with Crippen molar-refractivity contribution in [3.63, 3.8) is 0 Å². The van der Waals surface area contributed by atoms with Crippen molar-refractivity contribution >= 4 is 52.1 Å². The highest BCUT2D eigenvalue weighted by Crippen LogP contribution is 2.29. The van der Waals surface area contributed by atoms with Gasteiger partial charge in [0.15, 0.2) is 0 Å². The molecule has 5 rings (SSSR count). The van der Waals surface area contributed by atoms with Crippen LogP contribution in [0.4, 0.5) is 58.2 Å². The number of hydrogen-bond acceptors (Lipinski definition) is 9. The standard InChI is InChI=1S/C31H31F3N8O4/c1-35-28(43)25-19-22(7-12-26(25)42-15-17-45-18-16-42)37-29-36-14-13-27(40-29)41(2)23-8-3-20(4-9-23)38-30(44)39-21-5-10-24(11-6-21)46-31(32,33)34/h3-14,19H,15-18H2,1-2H3,(H,35,43)(H,36,37,40)(H2,38,39,44). The number of hydrogen-bond donors (Lipinski definition) is 4. The first-order valence-electron chi connectivity index (χ1n) is 14.1. The van der Waals surface area contributed by atoms with Crippen LogP contribution in [-0.4, -0.2) is 68.7 Å². The quantitative estimate of drug-likeness (QED) is 0.182. The van der Waals surface area contributed by atoms with Crippen molar-refractivity contribution in [3.8, 4) is 5.75 Å². The Balaban J connectivity index is 1.21. The number of amides is 3. The molecule has 1 saturated heterocycles. The number of carbonyl (C=O) groups excluding carboxylic acids is 2. The summed E-state index contributed by atoms with van der Waals surface area (Å²) in [6.07, 6.45) is -3.18. The lowest BCUT2D eigenvalue weighted by Gasteiger charge is -2.30. The molecule has 46 heavy (non-hydrogen) atoms. The van der Waals surface area contributed by atoms with Crippen molar-refractivity contribution < 1.29 is 32.2 Å². The van der Waals surface area contributed by atoms with Crippen LogP contribution < -0.4 is 35.8 Å². The molecule has 3 aromatic carbocycles. The summed E-state index contributed by atoms with van der Waals surface area (Å²) in [6.45, 7) is 2.58. The zero-order valence-electron chi connectivity index (χ0n) is 24.9. The monoisotopic (exact) mass is 636 g/mol. The van der Waals surface area contributed by atoms with Crippen molar-refractivity contribution in [1.82, 2.24) is 15.3 Å². The van der Waals surface area contributed by atoms with Crippen molar-refractivity contribution in [2.45, 2.75) is 6.36 Å². The third-order valence-corrected chi connectivity index (χ3v) is 6.92. The zero-order valence-corrected chi connectivity index (χ0v) is 24.9. The Kier molecular flexibility index (Phi) is 9.71. The Hall–Kier alpha value is -5.57. The third kappa shape index (κ3) is 8.32. The Morgan fingerprint density at radius 2 is 1.54 bits per heavy atom. The number of aromatic nitrogens is 2. The fourth-order valence-corrected chi connectivity index (χ4v) is 4.67. The van der Waals surface area contributed by atoms with Crippen LogP contribution >= 0.6 is 0 Å². The van der Waals surface area contributed by atoms with Crippen molar-refractivity contribution in [2.24, 2.45) is 0 Å². The van der Waals surface area contributed by atoms with E-state index in [2.05, 4.69) is 40.9 Å². The summed E-state index contributed by atoms with van der Waals surface area (Å²) in [7, 11) is 3.42. The van der Waals surface area contributed by atoms with E-state index >= 15 is 0 Å². The minimum atomic E-state index is -4.80. The van der Waals surface area contributed by atoms with Crippen LogP contribution in [0.5, 0.6) is 5.75 Å². The lowest BCUT2D eigenvalue weighted by Crippen LogP contribution is -2.37. The average molecular weight is 637 g/mol. The minimum Gasteiger partial charge on any atom is -0.406 e. The summed E-state index contributed by atoms with van der Waals surface area (Å²) in [5, 5.41) is 11.1. The van der Waals surface area contributed by atoms with Gasteiger partial charge in [0.2, 0.25) is 5.95 Å². The smallest absolute Gasteiger partial charge is 0.406 e. The topological polar surface area (TPSA) is 133 Å². The molecule has 4 aromatic rings. The molecule has 2 heterocycles. The van der Waals surface area contributed by atoms with Crippen LogP contribution in [0.2, 0.25) is 0 Å². The molecule has 3 amide bonds. The van der Waals surface area contributed by atoms with Gasteiger partial charge in [0.25, 0.3) is 5.91 Å². The normalized spacial score (nSPS) is 13.0. The van der Waals surface area contributed by atoms with Crippen LogP contribution in [0.1, 0.15) is 10.4 Å². The predicted molar refractivity (Wildman–Crippen MR) is 168 cm³/mol. The second kappa shape index (κ2) is 14.0. The van der Waals surface area contributed by atoms with Gasteiger partial charge in [-0.1, -0.05) is 0 Å². The molecule has 0 atom stereocenters. The number of alkyl halides is 3. The Morgan fingerprint density at radius 1 is 0.913 bits per heavy atom. The molecule has 4 N–H and O–H groups in total. The van der Waals surface area contributed by atoms with E-state index in [1.165, 1.54) is 12.1 Å². The van der Waals surface area contributed by atoms with E-state index in [1.54, 1.807) is 49.6 Å².